The monoisotopic (exact) mass is 355 g/mol. The minimum absolute atomic E-state index is 0. The molecule has 1 aromatic rings. The number of hydrogen-bond donors (Lipinski definition) is 2. The molecule has 1 saturated heterocycles. The summed E-state index contributed by atoms with van der Waals surface area (Å²) in [5.41, 5.74) is 7.33. The van der Waals surface area contributed by atoms with E-state index in [0.717, 1.165) is 18.4 Å². The SMILES string of the molecule is CC(N)C1CCCN(C(=O)c2cc3c(cc2F)NC(=O)CC3)C1.Cl. The van der Waals surface area contributed by atoms with Crippen LogP contribution < -0.4 is 11.1 Å². The highest BCUT2D eigenvalue weighted by Crippen LogP contribution is 2.28. The van der Waals surface area contributed by atoms with Gasteiger partial charge in [-0.1, -0.05) is 0 Å². The van der Waals surface area contributed by atoms with Gasteiger partial charge in [0.25, 0.3) is 5.91 Å². The van der Waals surface area contributed by atoms with Crippen molar-refractivity contribution >= 4 is 29.9 Å². The molecule has 2 atom stereocenters. The Morgan fingerprint density at radius 1 is 1.42 bits per heavy atom. The molecule has 1 aromatic carbocycles. The summed E-state index contributed by atoms with van der Waals surface area (Å²) in [7, 11) is 0. The molecule has 2 aliphatic heterocycles. The first-order valence-electron chi connectivity index (χ1n) is 8.13. The van der Waals surface area contributed by atoms with Crippen LogP contribution >= 0.6 is 12.4 Å². The third-order valence-corrected chi connectivity index (χ3v) is 4.81. The minimum Gasteiger partial charge on any atom is -0.338 e. The van der Waals surface area contributed by atoms with E-state index in [1.54, 1.807) is 11.0 Å². The van der Waals surface area contributed by atoms with Crippen LogP contribution in [0.5, 0.6) is 0 Å². The van der Waals surface area contributed by atoms with Gasteiger partial charge in [-0.3, -0.25) is 9.59 Å². The molecule has 3 rings (SSSR count). The maximum absolute atomic E-state index is 14.3. The first-order chi connectivity index (χ1) is 11.0. The van der Waals surface area contributed by atoms with Crippen molar-refractivity contribution in [2.24, 2.45) is 11.7 Å². The molecule has 2 amide bonds. The molecule has 0 aromatic heterocycles. The van der Waals surface area contributed by atoms with Crippen molar-refractivity contribution in [3.63, 3.8) is 0 Å². The molecular formula is C17H23ClFN3O2. The highest BCUT2D eigenvalue weighted by molar-refractivity contribution is 5.98. The van der Waals surface area contributed by atoms with Crippen molar-refractivity contribution in [2.45, 2.75) is 38.6 Å². The Hall–Kier alpha value is -1.66. The van der Waals surface area contributed by atoms with Gasteiger partial charge in [0.05, 0.1) is 5.56 Å². The van der Waals surface area contributed by atoms with Gasteiger partial charge in [0.2, 0.25) is 5.91 Å². The molecule has 0 radical (unpaired) electrons. The number of amides is 2. The molecule has 0 spiro atoms. The fourth-order valence-electron chi connectivity index (χ4n) is 3.36. The summed E-state index contributed by atoms with van der Waals surface area (Å²) in [6.07, 6.45) is 2.79. The number of carbonyl (C=O) groups is 2. The third-order valence-electron chi connectivity index (χ3n) is 4.81. The number of rotatable bonds is 2. The fraction of sp³-hybridized carbons (Fsp3) is 0.529. The third kappa shape index (κ3) is 3.70. The Kier molecular flexibility index (Phi) is 5.83. The van der Waals surface area contributed by atoms with Crippen molar-refractivity contribution in [3.05, 3.63) is 29.1 Å². The predicted molar refractivity (Wildman–Crippen MR) is 92.9 cm³/mol. The van der Waals surface area contributed by atoms with Crippen LogP contribution in [0.2, 0.25) is 0 Å². The molecule has 1 fully saturated rings. The number of nitrogens with zero attached hydrogens (tertiary/aromatic N) is 1. The number of halogens is 2. The van der Waals surface area contributed by atoms with E-state index in [4.69, 9.17) is 5.73 Å². The Labute approximate surface area is 147 Å². The molecule has 2 aliphatic rings. The Morgan fingerprint density at radius 2 is 2.17 bits per heavy atom. The lowest BCUT2D eigenvalue weighted by Gasteiger charge is -2.35. The Morgan fingerprint density at radius 3 is 2.88 bits per heavy atom. The van der Waals surface area contributed by atoms with Gasteiger partial charge in [0.15, 0.2) is 0 Å². The number of aryl methyl sites for hydroxylation is 1. The number of hydrogen-bond acceptors (Lipinski definition) is 3. The van der Waals surface area contributed by atoms with Gasteiger partial charge in [-0.15, -0.1) is 12.4 Å². The van der Waals surface area contributed by atoms with E-state index >= 15 is 0 Å². The number of nitrogens with two attached hydrogens (primary N) is 1. The summed E-state index contributed by atoms with van der Waals surface area (Å²) in [5, 5.41) is 2.65. The lowest BCUT2D eigenvalue weighted by molar-refractivity contribution is -0.116. The summed E-state index contributed by atoms with van der Waals surface area (Å²) >= 11 is 0. The van der Waals surface area contributed by atoms with Gasteiger partial charge >= 0.3 is 0 Å². The number of carbonyl (C=O) groups excluding carboxylic acids is 2. The summed E-state index contributed by atoms with van der Waals surface area (Å²) in [6.45, 7) is 3.15. The second-order valence-electron chi connectivity index (χ2n) is 6.55. The molecule has 2 heterocycles. The number of anilines is 1. The molecule has 0 saturated carbocycles. The van der Waals surface area contributed by atoms with E-state index in [2.05, 4.69) is 5.32 Å². The summed E-state index contributed by atoms with van der Waals surface area (Å²) in [6, 6.07) is 2.86. The number of piperidine rings is 1. The molecule has 0 bridgehead atoms. The van der Waals surface area contributed by atoms with Crippen molar-refractivity contribution in [2.75, 3.05) is 18.4 Å². The van der Waals surface area contributed by atoms with E-state index in [1.165, 1.54) is 6.07 Å². The van der Waals surface area contributed by atoms with Gasteiger partial charge in [0.1, 0.15) is 5.82 Å². The normalized spacial score (nSPS) is 21.4. The van der Waals surface area contributed by atoms with Crippen molar-refractivity contribution in [3.8, 4) is 0 Å². The van der Waals surface area contributed by atoms with Crippen LogP contribution in [-0.2, 0) is 11.2 Å². The average molecular weight is 356 g/mol. The van der Waals surface area contributed by atoms with Crippen LogP contribution in [0.1, 0.15) is 42.1 Å². The van der Waals surface area contributed by atoms with Crippen LogP contribution in [-0.4, -0.2) is 35.8 Å². The lowest BCUT2D eigenvalue weighted by atomic mass is 9.91. The largest absolute Gasteiger partial charge is 0.338 e. The number of nitrogens with one attached hydrogen (secondary N) is 1. The van der Waals surface area contributed by atoms with E-state index < -0.39 is 5.82 Å². The number of likely N-dealkylation sites (tertiary alicyclic amines) is 1. The van der Waals surface area contributed by atoms with Crippen molar-refractivity contribution in [1.29, 1.82) is 0 Å². The Balaban J connectivity index is 0.00000208. The first-order valence-corrected chi connectivity index (χ1v) is 8.13. The quantitative estimate of drug-likeness (QED) is 0.855. The number of fused-ring (bicyclic) bond motifs is 1. The molecule has 132 valence electrons. The molecule has 5 nitrogen and oxygen atoms in total. The minimum atomic E-state index is -0.584. The van der Waals surface area contributed by atoms with E-state index in [-0.39, 0.29) is 41.7 Å². The van der Waals surface area contributed by atoms with Crippen LogP contribution in [0.3, 0.4) is 0 Å². The first kappa shape index (κ1) is 18.7. The zero-order chi connectivity index (χ0) is 16.6. The van der Waals surface area contributed by atoms with Gasteiger partial charge in [0, 0.05) is 31.2 Å². The second-order valence-corrected chi connectivity index (χ2v) is 6.55. The maximum atomic E-state index is 14.3. The molecule has 2 unspecified atom stereocenters. The standard InChI is InChI=1S/C17H22FN3O2.ClH/c1-10(19)12-3-2-6-21(9-12)17(23)13-7-11-4-5-16(22)20-15(11)8-14(13)18;/h7-8,10,12H,2-6,9,19H2,1H3,(H,20,22);1H. The topological polar surface area (TPSA) is 75.4 Å². The maximum Gasteiger partial charge on any atom is 0.256 e. The average Bonchev–Trinajstić information content (AvgIpc) is 2.53. The predicted octanol–water partition coefficient (Wildman–Crippen LogP) is 2.33. The smallest absolute Gasteiger partial charge is 0.256 e. The van der Waals surface area contributed by atoms with E-state index in [9.17, 15) is 14.0 Å². The number of benzene rings is 1. The highest BCUT2D eigenvalue weighted by atomic mass is 35.5. The highest BCUT2D eigenvalue weighted by Gasteiger charge is 2.29. The molecule has 3 N–H and O–H groups in total. The molecule has 0 aliphatic carbocycles. The fourth-order valence-corrected chi connectivity index (χ4v) is 3.36. The Bertz CT molecular complexity index is 651. The summed E-state index contributed by atoms with van der Waals surface area (Å²) in [5.74, 6) is -0.731. The second kappa shape index (κ2) is 7.49. The van der Waals surface area contributed by atoms with Gasteiger partial charge in [-0.05, 0) is 49.8 Å². The van der Waals surface area contributed by atoms with Crippen LogP contribution in [0.15, 0.2) is 12.1 Å². The van der Waals surface area contributed by atoms with Crippen molar-refractivity contribution in [1.82, 2.24) is 4.90 Å². The van der Waals surface area contributed by atoms with E-state index in [1.807, 2.05) is 6.92 Å². The molecule has 24 heavy (non-hydrogen) atoms. The lowest BCUT2D eigenvalue weighted by Crippen LogP contribution is -2.45. The summed E-state index contributed by atoms with van der Waals surface area (Å²) < 4.78 is 14.3. The van der Waals surface area contributed by atoms with Crippen LogP contribution in [0.4, 0.5) is 10.1 Å². The van der Waals surface area contributed by atoms with Gasteiger partial charge in [-0.25, -0.2) is 4.39 Å². The van der Waals surface area contributed by atoms with Gasteiger partial charge in [-0.2, -0.15) is 0 Å². The molecule has 7 heteroatoms. The van der Waals surface area contributed by atoms with E-state index in [0.29, 0.717) is 31.6 Å². The zero-order valence-corrected chi connectivity index (χ0v) is 14.5. The summed E-state index contributed by atoms with van der Waals surface area (Å²) in [4.78, 5) is 25.8. The van der Waals surface area contributed by atoms with Gasteiger partial charge < -0.3 is 16.0 Å². The van der Waals surface area contributed by atoms with Crippen LogP contribution in [0.25, 0.3) is 0 Å². The van der Waals surface area contributed by atoms with Crippen molar-refractivity contribution < 1.29 is 14.0 Å². The van der Waals surface area contributed by atoms with Crippen LogP contribution in [0, 0.1) is 11.7 Å². The zero-order valence-electron chi connectivity index (χ0n) is 13.7. The molecular weight excluding hydrogens is 333 g/mol.